The van der Waals surface area contributed by atoms with E-state index in [4.69, 9.17) is 19.9 Å². The molecule has 0 aliphatic rings. The molecule has 3 N–H and O–H groups in total. The lowest BCUT2D eigenvalue weighted by atomic mass is 10.2. The van der Waals surface area contributed by atoms with Crippen molar-refractivity contribution >= 4 is 50.7 Å². The zero-order chi connectivity index (χ0) is 21.1. The zero-order valence-electron chi connectivity index (χ0n) is 16.8. The summed E-state index contributed by atoms with van der Waals surface area (Å²) in [4.78, 5) is 23.3. The third-order valence-corrected chi connectivity index (χ3v) is 6.27. The van der Waals surface area contributed by atoms with Gasteiger partial charge in [0.05, 0.1) is 32.5 Å². The van der Waals surface area contributed by atoms with Crippen LogP contribution in [0.2, 0.25) is 0 Å². The fourth-order valence-electron chi connectivity index (χ4n) is 2.81. The normalized spacial score (nSPS) is 10.8. The summed E-state index contributed by atoms with van der Waals surface area (Å²) in [7, 11) is 4.56. The number of amides is 1. The molecule has 0 spiro atoms. The van der Waals surface area contributed by atoms with Gasteiger partial charge in [0.25, 0.3) is 0 Å². The second-order valence-electron chi connectivity index (χ2n) is 6.11. The number of benzene rings is 1. The molecule has 3 rings (SSSR count). The fraction of sp³-hybridized carbons (Fsp3) is 0.316. The zero-order valence-corrected chi connectivity index (χ0v) is 18.4. The molecule has 3 aromatic rings. The lowest BCUT2D eigenvalue weighted by molar-refractivity contribution is -0.113. The number of nitrogens with one attached hydrogen (secondary N) is 1. The number of nitrogens with zero attached hydrogens (tertiary/aromatic N) is 2. The van der Waals surface area contributed by atoms with E-state index < -0.39 is 0 Å². The van der Waals surface area contributed by atoms with Crippen molar-refractivity contribution in [1.82, 2.24) is 9.97 Å². The van der Waals surface area contributed by atoms with Crippen LogP contribution in [0.5, 0.6) is 17.2 Å². The number of hydrogen-bond acceptors (Lipinski definition) is 9. The Morgan fingerprint density at radius 3 is 2.38 bits per heavy atom. The number of nitrogen functional groups attached to an aromatic ring is 1. The minimum atomic E-state index is -0.218. The van der Waals surface area contributed by atoms with Crippen LogP contribution in [-0.2, 0) is 4.79 Å². The molecule has 154 valence electrons. The van der Waals surface area contributed by atoms with Crippen molar-refractivity contribution in [3.8, 4) is 17.2 Å². The Hall–Kier alpha value is -2.72. The van der Waals surface area contributed by atoms with Crippen molar-refractivity contribution in [1.29, 1.82) is 0 Å². The van der Waals surface area contributed by atoms with Crippen molar-refractivity contribution in [2.24, 2.45) is 0 Å². The van der Waals surface area contributed by atoms with Crippen LogP contribution in [0, 0.1) is 13.8 Å². The first-order chi connectivity index (χ1) is 13.9. The molecule has 0 saturated carbocycles. The Bertz CT molecular complexity index is 1040. The molecule has 0 aliphatic heterocycles. The van der Waals surface area contributed by atoms with Gasteiger partial charge in [-0.15, -0.1) is 11.3 Å². The highest BCUT2D eigenvalue weighted by molar-refractivity contribution is 7.99. The van der Waals surface area contributed by atoms with Crippen LogP contribution in [0.15, 0.2) is 17.3 Å². The highest BCUT2D eigenvalue weighted by Crippen LogP contribution is 2.40. The summed E-state index contributed by atoms with van der Waals surface area (Å²) >= 11 is 2.80. The molecule has 1 aromatic carbocycles. The molecule has 0 radical (unpaired) electrons. The molecule has 1 amide bonds. The molecular formula is C19H22N4O4S2. The average Bonchev–Trinajstić information content (AvgIpc) is 2.99. The lowest BCUT2D eigenvalue weighted by Crippen LogP contribution is -2.14. The summed E-state index contributed by atoms with van der Waals surface area (Å²) < 4.78 is 15.9. The third kappa shape index (κ3) is 4.33. The predicted octanol–water partition coefficient (Wildman–Crippen LogP) is 3.65. The topological polar surface area (TPSA) is 109 Å². The van der Waals surface area contributed by atoms with Crippen LogP contribution in [0.25, 0.3) is 10.2 Å². The number of aromatic nitrogens is 2. The Labute approximate surface area is 176 Å². The maximum absolute atomic E-state index is 12.4. The van der Waals surface area contributed by atoms with Gasteiger partial charge in [-0.1, -0.05) is 11.8 Å². The second kappa shape index (κ2) is 8.75. The van der Waals surface area contributed by atoms with E-state index in [0.717, 1.165) is 20.7 Å². The fourth-order valence-corrected chi connectivity index (χ4v) is 4.55. The molecule has 0 saturated heterocycles. The Kier molecular flexibility index (Phi) is 6.33. The summed E-state index contributed by atoms with van der Waals surface area (Å²) in [6.45, 7) is 4.03. The third-order valence-electron chi connectivity index (χ3n) is 4.32. The Balaban J connectivity index is 1.73. The molecule has 0 bridgehead atoms. The van der Waals surface area contributed by atoms with Gasteiger partial charge in [-0.3, -0.25) is 4.79 Å². The van der Waals surface area contributed by atoms with Crippen LogP contribution in [0.3, 0.4) is 0 Å². The summed E-state index contributed by atoms with van der Waals surface area (Å²) in [6, 6.07) is 3.34. The van der Waals surface area contributed by atoms with Crippen molar-refractivity contribution in [3.63, 3.8) is 0 Å². The maximum atomic E-state index is 12.4. The van der Waals surface area contributed by atoms with E-state index in [1.165, 1.54) is 33.1 Å². The highest BCUT2D eigenvalue weighted by atomic mass is 32.2. The van der Waals surface area contributed by atoms with Crippen LogP contribution >= 0.6 is 23.1 Å². The van der Waals surface area contributed by atoms with Crippen molar-refractivity contribution in [3.05, 3.63) is 22.6 Å². The quantitative estimate of drug-likeness (QED) is 0.428. The van der Waals surface area contributed by atoms with E-state index in [2.05, 4.69) is 15.3 Å². The maximum Gasteiger partial charge on any atom is 0.234 e. The number of rotatable bonds is 7. The van der Waals surface area contributed by atoms with Gasteiger partial charge in [-0.25, -0.2) is 9.97 Å². The van der Waals surface area contributed by atoms with Crippen LogP contribution in [0.1, 0.15) is 10.4 Å². The summed E-state index contributed by atoms with van der Waals surface area (Å²) in [5.41, 5.74) is 7.72. The van der Waals surface area contributed by atoms with Crippen molar-refractivity contribution in [2.75, 3.05) is 38.1 Å². The number of methoxy groups -OCH3 is 3. The number of thiophene rings is 1. The first-order valence-electron chi connectivity index (χ1n) is 8.63. The number of carbonyl (C=O) groups excluding carboxylic acids is 1. The number of aryl methyl sites for hydroxylation is 2. The van der Waals surface area contributed by atoms with E-state index in [-0.39, 0.29) is 11.7 Å². The van der Waals surface area contributed by atoms with Gasteiger partial charge in [-0.2, -0.15) is 0 Å². The number of thioether (sulfide) groups is 1. The number of ether oxygens (including phenoxy) is 3. The lowest BCUT2D eigenvalue weighted by Gasteiger charge is -2.14. The molecular weight excluding hydrogens is 412 g/mol. The van der Waals surface area contributed by atoms with Gasteiger partial charge in [0.1, 0.15) is 10.6 Å². The minimum absolute atomic E-state index is 0.130. The smallest absolute Gasteiger partial charge is 0.234 e. The molecule has 0 fully saturated rings. The number of fused-ring (bicyclic) bond motifs is 1. The highest BCUT2D eigenvalue weighted by Gasteiger charge is 2.16. The summed E-state index contributed by atoms with van der Waals surface area (Å²) in [5, 5.41) is 4.17. The molecule has 29 heavy (non-hydrogen) atoms. The Morgan fingerprint density at radius 2 is 1.79 bits per heavy atom. The van der Waals surface area contributed by atoms with E-state index >= 15 is 0 Å². The number of carbonyl (C=O) groups is 1. The molecule has 0 unspecified atom stereocenters. The molecule has 2 aromatic heterocycles. The van der Waals surface area contributed by atoms with Gasteiger partial charge in [0.2, 0.25) is 11.7 Å². The van der Waals surface area contributed by atoms with Gasteiger partial charge in [-0.05, 0) is 19.4 Å². The molecule has 10 heteroatoms. The largest absolute Gasteiger partial charge is 0.493 e. The first kappa shape index (κ1) is 21.0. The number of nitrogens with two attached hydrogens (primary N) is 1. The molecule has 8 nitrogen and oxygen atoms in total. The summed E-state index contributed by atoms with van der Waals surface area (Å²) in [5.74, 6) is 1.72. The van der Waals surface area contributed by atoms with E-state index in [1.807, 2.05) is 13.8 Å². The monoisotopic (exact) mass is 434 g/mol. The number of anilines is 2. The van der Waals surface area contributed by atoms with Gasteiger partial charge < -0.3 is 25.3 Å². The molecule has 2 heterocycles. The number of hydrogen-bond donors (Lipinski definition) is 2. The SMILES string of the molecule is COc1cc(NC(=O)CSc2nc(N)c3c(C)c(C)sc3n2)cc(OC)c1OC. The van der Waals surface area contributed by atoms with Crippen LogP contribution in [-0.4, -0.2) is 43.0 Å². The minimum Gasteiger partial charge on any atom is -0.493 e. The van der Waals surface area contributed by atoms with Gasteiger partial charge in [0, 0.05) is 22.7 Å². The second-order valence-corrected chi connectivity index (χ2v) is 8.25. The van der Waals surface area contributed by atoms with Crippen LogP contribution < -0.4 is 25.3 Å². The summed E-state index contributed by atoms with van der Waals surface area (Å²) in [6.07, 6.45) is 0. The molecule has 0 atom stereocenters. The predicted molar refractivity (Wildman–Crippen MR) is 117 cm³/mol. The molecule has 0 aliphatic carbocycles. The average molecular weight is 435 g/mol. The first-order valence-corrected chi connectivity index (χ1v) is 10.4. The van der Waals surface area contributed by atoms with E-state index in [0.29, 0.717) is 33.9 Å². The van der Waals surface area contributed by atoms with E-state index in [1.54, 1.807) is 23.5 Å². The standard InChI is InChI=1S/C19H22N4O4S2/c1-9-10(2)29-18-15(9)17(20)22-19(23-18)28-8-14(24)21-11-6-12(25-3)16(27-5)13(7-11)26-4/h6-7H,8H2,1-5H3,(H,21,24)(H2,20,22,23). The van der Waals surface area contributed by atoms with Crippen LogP contribution in [0.4, 0.5) is 11.5 Å². The van der Waals surface area contributed by atoms with Crippen molar-refractivity contribution < 1.29 is 19.0 Å². The van der Waals surface area contributed by atoms with Gasteiger partial charge >= 0.3 is 0 Å². The Morgan fingerprint density at radius 1 is 1.14 bits per heavy atom. The van der Waals surface area contributed by atoms with Gasteiger partial charge in [0.15, 0.2) is 16.7 Å². The van der Waals surface area contributed by atoms with Crippen molar-refractivity contribution in [2.45, 2.75) is 19.0 Å². The van der Waals surface area contributed by atoms with E-state index in [9.17, 15) is 4.79 Å².